The minimum Gasteiger partial charge on any atom is -0.465 e. The van der Waals surface area contributed by atoms with Crippen molar-refractivity contribution < 1.29 is 9.90 Å². The molecule has 1 N–H and O–H groups in total. The molecule has 0 aromatic heterocycles. The van der Waals surface area contributed by atoms with Crippen molar-refractivity contribution in [3.63, 3.8) is 0 Å². The molecule has 1 heterocycles. The number of likely N-dealkylation sites (N-methyl/N-ethyl adjacent to an activating group) is 1. The number of nitrogens with zero attached hydrogens (tertiary/aromatic N) is 2. The number of hydrogen-bond donors (Lipinski definition) is 1. The van der Waals surface area contributed by atoms with Crippen LogP contribution in [-0.2, 0) is 0 Å². The molecule has 0 saturated carbocycles. The second-order valence-corrected chi connectivity index (χ2v) is 6.56. The average molecular weight is 324 g/mol. The van der Waals surface area contributed by atoms with Crippen molar-refractivity contribution in [1.82, 2.24) is 4.90 Å². The van der Waals surface area contributed by atoms with Gasteiger partial charge >= 0.3 is 6.09 Å². The Balaban J connectivity index is 2.00. The van der Waals surface area contributed by atoms with E-state index in [0.717, 1.165) is 41.8 Å². The van der Waals surface area contributed by atoms with Crippen LogP contribution in [-0.4, -0.2) is 42.3 Å². The fourth-order valence-corrected chi connectivity index (χ4v) is 3.43. The molecule has 0 bridgehead atoms. The number of rotatable bonds is 4. The van der Waals surface area contributed by atoms with E-state index >= 15 is 0 Å². The molecule has 4 nitrogen and oxygen atoms in total. The summed E-state index contributed by atoms with van der Waals surface area (Å²) in [6.07, 6.45) is 1.29. The number of carbonyl (C=O) groups is 1. The van der Waals surface area contributed by atoms with Crippen molar-refractivity contribution in [3.8, 4) is 11.1 Å². The summed E-state index contributed by atoms with van der Waals surface area (Å²) >= 11 is 0. The van der Waals surface area contributed by atoms with E-state index in [4.69, 9.17) is 0 Å². The molecule has 2 aromatic carbocycles. The highest BCUT2D eigenvalue weighted by atomic mass is 16.4. The highest BCUT2D eigenvalue weighted by Crippen LogP contribution is 2.33. The molecule has 1 aliphatic rings. The van der Waals surface area contributed by atoms with Gasteiger partial charge in [-0.25, -0.2) is 4.79 Å². The normalized spacial score (nSPS) is 17.8. The Morgan fingerprint density at radius 3 is 2.62 bits per heavy atom. The van der Waals surface area contributed by atoms with Crippen LogP contribution in [0.2, 0.25) is 0 Å². The molecule has 0 spiro atoms. The van der Waals surface area contributed by atoms with E-state index in [1.807, 2.05) is 49.4 Å². The van der Waals surface area contributed by atoms with Crippen molar-refractivity contribution >= 4 is 11.8 Å². The van der Waals surface area contributed by atoms with Gasteiger partial charge in [-0.3, -0.25) is 4.90 Å². The zero-order chi connectivity index (χ0) is 17.1. The molecule has 2 aromatic rings. The zero-order valence-electron chi connectivity index (χ0n) is 14.3. The third kappa shape index (κ3) is 3.44. The molecule has 0 unspecified atom stereocenters. The maximum absolute atomic E-state index is 12.0. The number of amides is 1. The molecule has 0 aliphatic carbocycles. The maximum atomic E-state index is 12.0. The Morgan fingerprint density at radius 2 is 2.00 bits per heavy atom. The lowest BCUT2D eigenvalue weighted by Crippen LogP contribution is -2.41. The number of anilines is 1. The van der Waals surface area contributed by atoms with Crippen LogP contribution >= 0.6 is 0 Å². The SMILES string of the molecule is Cc1ccc(N(C[C@@H]2CCCN2C)C(=O)O)c(-c2ccccc2)c1. The molecular weight excluding hydrogens is 300 g/mol. The molecule has 1 aliphatic heterocycles. The summed E-state index contributed by atoms with van der Waals surface area (Å²) in [7, 11) is 2.07. The topological polar surface area (TPSA) is 43.8 Å². The maximum Gasteiger partial charge on any atom is 0.411 e. The number of carboxylic acid groups (broad SMARTS) is 1. The van der Waals surface area contributed by atoms with Crippen LogP contribution in [0.5, 0.6) is 0 Å². The van der Waals surface area contributed by atoms with Crippen LogP contribution in [0.4, 0.5) is 10.5 Å². The van der Waals surface area contributed by atoms with Gasteiger partial charge in [0.05, 0.1) is 5.69 Å². The second-order valence-electron chi connectivity index (χ2n) is 6.56. The first-order valence-electron chi connectivity index (χ1n) is 8.43. The Kier molecular flexibility index (Phi) is 4.86. The Hall–Kier alpha value is -2.33. The number of benzene rings is 2. The minimum absolute atomic E-state index is 0.283. The van der Waals surface area contributed by atoms with Gasteiger partial charge in [0.25, 0.3) is 0 Å². The lowest BCUT2D eigenvalue weighted by Gasteiger charge is -2.28. The third-order valence-corrected chi connectivity index (χ3v) is 4.82. The van der Waals surface area contributed by atoms with Crippen molar-refractivity contribution in [2.45, 2.75) is 25.8 Å². The number of hydrogen-bond acceptors (Lipinski definition) is 2. The highest BCUT2D eigenvalue weighted by Gasteiger charge is 2.27. The van der Waals surface area contributed by atoms with Gasteiger partial charge in [-0.2, -0.15) is 0 Å². The molecule has 0 radical (unpaired) electrons. The number of likely N-dealkylation sites (tertiary alicyclic amines) is 1. The predicted octanol–water partition coefficient (Wildman–Crippen LogP) is 4.24. The largest absolute Gasteiger partial charge is 0.465 e. The van der Waals surface area contributed by atoms with Crippen molar-refractivity contribution in [3.05, 3.63) is 54.1 Å². The number of aryl methyl sites for hydroxylation is 1. The first-order chi connectivity index (χ1) is 11.6. The second kappa shape index (κ2) is 7.05. The third-order valence-electron chi connectivity index (χ3n) is 4.82. The van der Waals surface area contributed by atoms with Gasteiger partial charge in [0, 0.05) is 18.2 Å². The van der Waals surface area contributed by atoms with E-state index in [9.17, 15) is 9.90 Å². The highest BCUT2D eigenvalue weighted by molar-refractivity contribution is 5.93. The summed E-state index contributed by atoms with van der Waals surface area (Å²) in [4.78, 5) is 15.7. The molecule has 126 valence electrons. The zero-order valence-corrected chi connectivity index (χ0v) is 14.3. The van der Waals surface area contributed by atoms with Crippen LogP contribution in [0.1, 0.15) is 18.4 Å². The smallest absolute Gasteiger partial charge is 0.411 e. The molecule has 24 heavy (non-hydrogen) atoms. The summed E-state index contributed by atoms with van der Waals surface area (Å²) in [5.41, 5.74) is 3.90. The van der Waals surface area contributed by atoms with Gasteiger partial charge in [0.2, 0.25) is 0 Å². The van der Waals surface area contributed by atoms with Gasteiger partial charge < -0.3 is 10.0 Å². The molecule has 1 saturated heterocycles. The molecule has 3 rings (SSSR count). The predicted molar refractivity (Wildman–Crippen MR) is 97.6 cm³/mol. The first-order valence-corrected chi connectivity index (χ1v) is 8.43. The first kappa shape index (κ1) is 16.5. The van der Waals surface area contributed by atoms with Crippen molar-refractivity contribution in [2.24, 2.45) is 0 Å². The standard InChI is InChI=1S/C20H24N2O2/c1-15-10-11-19(18(13-15)16-7-4-3-5-8-16)22(20(23)24)14-17-9-6-12-21(17)2/h3-5,7-8,10-11,13,17H,6,9,12,14H2,1-2H3,(H,23,24)/t17-/m0/s1. The van der Waals surface area contributed by atoms with Crippen LogP contribution in [0.15, 0.2) is 48.5 Å². The Bertz CT molecular complexity index is 715. The monoisotopic (exact) mass is 324 g/mol. The summed E-state index contributed by atoms with van der Waals surface area (Å²) in [5.74, 6) is 0. The van der Waals surface area contributed by atoms with Crippen LogP contribution in [0, 0.1) is 6.92 Å². The Labute approximate surface area is 143 Å². The average Bonchev–Trinajstić information content (AvgIpc) is 2.98. The van der Waals surface area contributed by atoms with E-state index in [0.29, 0.717) is 6.54 Å². The van der Waals surface area contributed by atoms with Crippen molar-refractivity contribution in [2.75, 3.05) is 25.0 Å². The lowest BCUT2D eigenvalue weighted by molar-refractivity contribution is 0.198. The summed E-state index contributed by atoms with van der Waals surface area (Å²) in [5, 5.41) is 9.82. The molecule has 1 fully saturated rings. The van der Waals surface area contributed by atoms with E-state index in [2.05, 4.69) is 18.0 Å². The minimum atomic E-state index is -0.892. The quantitative estimate of drug-likeness (QED) is 0.915. The molecule has 1 amide bonds. The molecule has 4 heteroatoms. The van der Waals surface area contributed by atoms with Gasteiger partial charge in [0.1, 0.15) is 0 Å². The van der Waals surface area contributed by atoms with E-state index < -0.39 is 6.09 Å². The molecule has 1 atom stereocenters. The van der Waals surface area contributed by atoms with Crippen LogP contribution < -0.4 is 4.90 Å². The van der Waals surface area contributed by atoms with Gasteiger partial charge in [-0.15, -0.1) is 0 Å². The van der Waals surface area contributed by atoms with Gasteiger partial charge in [-0.05, 0) is 51.1 Å². The van der Waals surface area contributed by atoms with Crippen LogP contribution in [0.25, 0.3) is 11.1 Å². The fourth-order valence-electron chi connectivity index (χ4n) is 3.43. The Morgan fingerprint density at radius 1 is 1.25 bits per heavy atom. The van der Waals surface area contributed by atoms with E-state index in [1.165, 1.54) is 4.90 Å². The van der Waals surface area contributed by atoms with Crippen LogP contribution in [0.3, 0.4) is 0 Å². The van der Waals surface area contributed by atoms with Gasteiger partial charge in [0.15, 0.2) is 0 Å². The lowest BCUT2D eigenvalue weighted by atomic mass is 10.0. The summed E-state index contributed by atoms with van der Waals surface area (Å²) in [6, 6.07) is 16.3. The van der Waals surface area contributed by atoms with Crippen molar-refractivity contribution in [1.29, 1.82) is 0 Å². The fraction of sp³-hybridized carbons (Fsp3) is 0.350. The van der Waals surface area contributed by atoms with E-state index in [-0.39, 0.29) is 6.04 Å². The summed E-state index contributed by atoms with van der Waals surface area (Å²) < 4.78 is 0. The van der Waals surface area contributed by atoms with Gasteiger partial charge in [-0.1, -0.05) is 42.0 Å². The summed E-state index contributed by atoms with van der Waals surface area (Å²) in [6.45, 7) is 3.58. The van der Waals surface area contributed by atoms with E-state index in [1.54, 1.807) is 0 Å². The molecular formula is C20H24N2O2.